The van der Waals surface area contributed by atoms with Gasteiger partial charge in [-0.2, -0.15) is 10.2 Å². The first-order valence-corrected chi connectivity index (χ1v) is 8.45. The highest BCUT2D eigenvalue weighted by Crippen LogP contribution is 2.22. The molecule has 1 N–H and O–H groups in total. The van der Waals surface area contributed by atoms with E-state index in [-0.39, 0.29) is 23.9 Å². The summed E-state index contributed by atoms with van der Waals surface area (Å²) in [5, 5.41) is 12.2. The monoisotopic (exact) mass is 337 g/mol. The number of fused-ring (bicyclic) bond motifs is 1. The molecule has 0 radical (unpaired) electrons. The zero-order valence-electron chi connectivity index (χ0n) is 13.8. The SMILES string of the molecule is O=C(Cc1n[nH]c(=O)c2ccccc12)N1CCC[C@H](n2cccn2)C1. The van der Waals surface area contributed by atoms with Crippen LogP contribution in [0.3, 0.4) is 0 Å². The molecule has 0 bridgehead atoms. The Bertz CT molecular complexity index is 948. The van der Waals surface area contributed by atoms with Gasteiger partial charge in [0.2, 0.25) is 5.91 Å². The average molecular weight is 337 g/mol. The van der Waals surface area contributed by atoms with E-state index < -0.39 is 0 Å². The Kier molecular flexibility index (Phi) is 4.05. The Morgan fingerprint density at radius 1 is 1.24 bits per heavy atom. The van der Waals surface area contributed by atoms with Crippen molar-refractivity contribution in [3.63, 3.8) is 0 Å². The number of carbonyl (C=O) groups excluding carboxylic acids is 1. The van der Waals surface area contributed by atoms with E-state index in [1.54, 1.807) is 12.3 Å². The van der Waals surface area contributed by atoms with E-state index in [0.717, 1.165) is 24.8 Å². The molecule has 0 saturated carbocycles. The summed E-state index contributed by atoms with van der Waals surface area (Å²) in [6, 6.07) is 9.36. The molecule has 1 fully saturated rings. The molecule has 1 aromatic carbocycles. The fraction of sp³-hybridized carbons (Fsp3) is 0.333. The largest absolute Gasteiger partial charge is 0.340 e. The molecule has 7 heteroatoms. The standard InChI is InChI=1S/C18H19N5O2/c24-17(22-9-3-5-13(12-22)23-10-4-8-19-23)11-16-14-6-1-2-7-15(14)18(25)21-20-16/h1-2,4,6-8,10,13H,3,5,9,11-12H2,(H,21,25)/t13-/m0/s1. The third kappa shape index (κ3) is 3.05. The number of H-pyrrole nitrogens is 1. The van der Waals surface area contributed by atoms with Crippen LogP contribution in [0.25, 0.3) is 10.8 Å². The summed E-state index contributed by atoms with van der Waals surface area (Å²) in [6.45, 7) is 1.40. The third-order valence-corrected chi connectivity index (χ3v) is 4.74. The zero-order valence-corrected chi connectivity index (χ0v) is 13.8. The number of rotatable bonds is 3. The minimum Gasteiger partial charge on any atom is -0.340 e. The molecule has 1 aliphatic heterocycles. The van der Waals surface area contributed by atoms with E-state index >= 15 is 0 Å². The molecule has 1 atom stereocenters. The number of aromatic nitrogens is 4. The van der Waals surface area contributed by atoms with Gasteiger partial charge in [-0.05, 0) is 25.0 Å². The quantitative estimate of drug-likeness (QED) is 0.785. The first-order chi connectivity index (χ1) is 12.2. The van der Waals surface area contributed by atoms with Gasteiger partial charge >= 0.3 is 0 Å². The lowest BCUT2D eigenvalue weighted by Gasteiger charge is -2.33. The van der Waals surface area contributed by atoms with Gasteiger partial charge in [-0.25, -0.2) is 5.10 Å². The van der Waals surface area contributed by atoms with Crippen molar-refractivity contribution in [3.8, 4) is 0 Å². The molecule has 0 aliphatic carbocycles. The fourth-order valence-electron chi connectivity index (χ4n) is 3.46. The number of nitrogens with zero attached hydrogens (tertiary/aromatic N) is 4. The van der Waals surface area contributed by atoms with Gasteiger partial charge in [-0.3, -0.25) is 14.3 Å². The van der Waals surface area contributed by atoms with Crippen LogP contribution in [0.4, 0.5) is 0 Å². The number of amides is 1. The van der Waals surface area contributed by atoms with Crippen molar-refractivity contribution in [2.75, 3.05) is 13.1 Å². The summed E-state index contributed by atoms with van der Waals surface area (Å²) in [5.41, 5.74) is 0.380. The van der Waals surface area contributed by atoms with Gasteiger partial charge in [0.25, 0.3) is 5.56 Å². The predicted molar refractivity (Wildman–Crippen MR) is 93.1 cm³/mol. The second-order valence-electron chi connectivity index (χ2n) is 6.34. The molecule has 4 rings (SSSR count). The minimum atomic E-state index is -0.233. The van der Waals surface area contributed by atoms with Crippen LogP contribution in [0.2, 0.25) is 0 Å². The topological polar surface area (TPSA) is 83.9 Å². The van der Waals surface area contributed by atoms with Crippen LogP contribution in [-0.4, -0.2) is 43.9 Å². The van der Waals surface area contributed by atoms with Gasteiger partial charge in [0.15, 0.2) is 0 Å². The molecule has 0 spiro atoms. The van der Waals surface area contributed by atoms with Crippen LogP contribution in [0.1, 0.15) is 24.6 Å². The summed E-state index contributed by atoms with van der Waals surface area (Å²) >= 11 is 0. The molecule has 1 amide bonds. The molecule has 2 aromatic heterocycles. The van der Waals surface area contributed by atoms with Gasteiger partial charge in [0.05, 0.1) is 23.5 Å². The van der Waals surface area contributed by atoms with Crippen molar-refractivity contribution in [2.24, 2.45) is 0 Å². The van der Waals surface area contributed by atoms with Crippen molar-refractivity contribution >= 4 is 16.7 Å². The summed E-state index contributed by atoms with van der Waals surface area (Å²) in [4.78, 5) is 26.5. The van der Waals surface area contributed by atoms with Crippen LogP contribution < -0.4 is 5.56 Å². The van der Waals surface area contributed by atoms with E-state index in [1.807, 2.05) is 40.0 Å². The smallest absolute Gasteiger partial charge is 0.272 e. The van der Waals surface area contributed by atoms with E-state index in [4.69, 9.17) is 0 Å². The fourth-order valence-corrected chi connectivity index (χ4v) is 3.46. The van der Waals surface area contributed by atoms with Crippen LogP contribution in [-0.2, 0) is 11.2 Å². The Hall–Kier alpha value is -2.96. The number of carbonyl (C=O) groups is 1. The van der Waals surface area contributed by atoms with E-state index in [0.29, 0.717) is 17.6 Å². The lowest BCUT2D eigenvalue weighted by atomic mass is 10.0. The number of hydrogen-bond acceptors (Lipinski definition) is 4. The summed E-state index contributed by atoms with van der Waals surface area (Å²) in [7, 11) is 0. The van der Waals surface area contributed by atoms with Crippen LogP contribution in [0.5, 0.6) is 0 Å². The Morgan fingerprint density at radius 2 is 2.08 bits per heavy atom. The van der Waals surface area contributed by atoms with E-state index in [9.17, 15) is 9.59 Å². The highest BCUT2D eigenvalue weighted by Gasteiger charge is 2.25. The average Bonchev–Trinajstić information content (AvgIpc) is 3.19. The summed E-state index contributed by atoms with van der Waals surface area (Å²) < 4.78 is 1.92. The maximum atomic E-state index is 12.8. The lowest BCUT2D eigenvalue weighted by molar-refractivity contribution is -0.132. The maximum Gasteiger partial charge on any atom is 0.272 e. The molecule has 3 aromatic rings. The van der Waals surface area contributed by atoms with Gasteiger partial charge < -0.3 is 4.90 Å². The molecular weight excluding hydrogens is 318 g/mol. The van der Waals surface area contributed by atoms with Crippen molar-refractivity contribution in [3.05, 3.63) is 58.8 Å². The van der Waals surface area contributed by atoms with E-state index in [2.05, 4.69) is 15.3 Å². The van der Waals surface area contributed by atoms with Crippen molar-refractivity contribution < 1.29 is 4.79 Å². The number of aromatic amines is 1. The van der Waals surface area contributed by atoms with Crippen molar-refractivity contribution in [1.82, 2.24) is 24.9 Å². The highest BCUT2D eigenvalue weighted by atomic mass is 16.2. The first kappa shape index (κ1) is 15.6. The number of piperidine rings is 1. The minimum absolute atomic E-state index is 0.0292. The van der Waals surface area contributed by atoms with Crippen molar-refractivity contribution in [2.45, 2.75) is 25.3 Å². The molecule has 1 saturated heterocycles. The van der Waals surface area contributed by atoms with Gasteiger partial charge in [-0.15, -0.1) is 0 Å². The first-order valence-electron chi connectivity index (χ1n) is 8.45. The molecule has 7 nitrogen and oxygen atoms in total. The molecule has 25 heavy (non-hydrogen) atoms. The van der Waals surface area contributed by atoms with Crippen LogP contribution in [0.15, 0.2) is 47.5 Å². The zero-order chi connectivity index (χ0) is 17.2. The number of nitrogens with one attached hydrogen (secondary N) is 1. The van der Waals surface area contributed by atoms with E-state index in [1.165, 1.54) is 0 Å². The molecule has 1 aliphatic rings. The molecule has 0 unspecified atom stereocenters. The molecular formula is C18H19N5O2. The number of benzene rings is 1. The lowest BCUT2D eigenvalue weighted by Crippen LogP contribution is -2.41. The Labute approximate surface area is 144 Å². The van der Waals surface area contributed by atoms with Crippen molar-refractivity contribution in [1.29, 1.82) is 0 Å². The molecule has 128 valence electrons. The Morgan fingerprint density at radius 3 is 2.88 bits per heavy atom. The summed E-state index contributed by atoms with van der Waals surface area (Å²) in [5.74, 6) is 0.0292. The third-order valence-electron chi connectivity index (χ3n) is 4.74. The maximum absolute atomic E-state index is 12.8. The summed E-state index contributed by atoms with van der Waals surface area (Å²) in [6.07, 6.45) is 5.86. The molecule has 3 heterocycles. The van der Waals surface area contributed by atoms with Gasteiger partial charge in [-0.1, -0.05) is 18.2 Å². The van der Waals surface area contributed by atoms with Crippen LogP contribution >= 0.6 is 0 Å². The van der Waals surface area contributed by atoms with Gasteiger partial charge in [0, 0.05) is 30.9 Å². The number of likely N-dealkylation sites (tertiary alicyclic amines) is 1. The van der Waals surface area contributed by atoms with Crippen LogP contribution in [0, 0.1) is 0 Å². The second-order valence-corrected chi connectivity index (χ2v) is 6.34. The highest BCUT2D eigenvalue weighted by molar-refractivity contribution is 5.88. The predicted octanol–water partition coefficient (Wildman–Crippen LogP) is 1.53. The Balaban J connectivity index is 1.54. The second kappa shape index (κ2) is 6.51. The number of hydrogen-bond donors (Lipinski definition) is 1. The van der Waals surface area contributed by atoms with Gasteiger partial charge in [0.1, 0.15) is 0 Å². The normalized spacial score (nSPS) is 17.8.